The standard InChI is InChI=1S/C11H22N2O/c1-9-7-10(4-6-14-9)12-11-3-5-13(2)8-11/h9-12H,3-8H2,1-2H3. The summed E-state index contributed by atoms with van der Waals surface area (Å²) in [5.41, 5.74) is 0. The van der Waals surface area contributed by atoms with Crippen molar-refractivity contribution in [1.29, 1.82) is 0 Å². The third-order valence-electron chi connectivity index (χ3n) is 3.35. The molecule has 0 spiro atoms. The Morgan fingerprint density at radius 2 is 2.14 bits per heavy atom. The fraction of sp³-hybridized carbons (Fsp3) is 1.00. The Labute approximate surface area is 86.8 Å². The van der Waals surface area contributed by atoms with Crippen LogP contribution in [0.5, 0.6) is 0 Å². The Kier molecular flexibility index (Phi) is 3.42. The van der Waals surface area contributed by atoms with Gasteiger partial charge in [-0.25, -0.2) is 0 Å². The van der Waals surface area contributed by atoms with E-state index < -0.39 is 0 Å². The molecule has 2 aliphatic rings. The lowest BCUT2D eigenvalue weighted by Crippen LogP contribution is -2.44. The minimum absolute atomic E-state index is 0.445. The van der Waals surface area contributed by atoms with Crippen molar-refractivity contribution >= 4 is 0 Å². The van der Waals surface area contributed by atoms with Crippen molar-refractivity contribution in [3.8, 4) is 0 Å². The molecule has 0 saturated carbocycles. The van der Waals surface area contributed by atoms with Crippen LogP contribution in [0.3, 0.4) is 0 Å². The van der Waals surface area contributed by atoms with Gasteiger partial charge < -0.3 is 15.0 Å². The van der Waals surface area contributed by atoms with Crippen LogP contribution in [-0.4, -0.2) is 49.8 Å². The van der Waals surface area contributed by atoms with Gasteiger partial charge in [0.05, 0.1) is 6.10 Å². The van der Waals surface area contributed by atoms with Gasteiger partial charge >= 0.3 is 0 Å². The Bertz CT molecular complexity index is 186. The van der Waals surface area contributed by atoms with Crippen LogP contribution >= 0.6 is 0 Å². The quantitative estimate of drug-likeness (QED) is 0.712. The molecule has 1 N–H and O–H groups in total. The lowest BCUT2D eigenvalue weighted by atomic mass is 10.0. The van der Waals surface area contributed by atoms with E-state index in [2.05, 4.69) is 24.2 Å². The predicted octanol–water partition coefficient (Wildman–Crippen LogP) is 0.848. The number of likely N-dealkylation sites (tertiary alicyclic amines) is 1. The van der Waals surface area contributed by atoms with Gasteiger partial charge in [0.2, 0.25) is 0 Å². The normalized spacial score (nSPS) is 40.3. The third kappa shape index (κ3) is 2.69. The van der Waals surface area contributed by atoms with Gasteiger partial charge in [-0.2, -0.15) is 0 Å². The summed E-state index contributed by atoms with van der Waals surface area (Å²) in [4.78, 5) is 2.40. The summed E-state index contributed by atoms with van der Waals surface area (Å²) in [5, 5.41) is 3.76. The second kappa shape index (κ2) is 4.60. The first-order valence-corrected chi connectivity index (χ1v) is 5.80. The van der Waals surface area contributed by atoms with Gasteiger partial charge in [-0.1, -0.05) is 0 Å². The molecule has 0 aromatic carbocycles. The molecule has 14 heavy (non-hydrogen) atoms. The van der Waals surface area contributed by atoms with E-state index in [1.54, 1.807) is 0 Å². The summed E-state index contributed by atoms with van der Waals surface area (Å²) in [6, 6.07) is 1.41. The Balaban J connectivity index is 1.74. The number of hydrogen-bond donors (Lipinski definition) is 1. The Morgan fingerprint density at radius 1 is 1.29 bits per heavy atom. The van der Waals surface area contributed by atoms with Gasteiger partial charge in [0.1, 0.15) is 0 Å². The highest BCUT2D eigenvalue weighted by atomic mass is 16.5. The molecular formula is C11H22N2O. The van der Waals surface area contributed by atoms with Crippen LogP contribution in [0.15, 0.2) is 0 Å². The zero-order chi connectivity index (χ0) is 9.97. The molecule has 3 atom stereocenters. The topological polar surface area (TPSA) is 24.5 Å². The van der Waals surface area contributed by atoms with Crippen molar-refractivity contribution in [2.75, 3.05) is 26.7 Å². The van der Waals surface area contributed by atoms with Gasteiger partial charge in [-0.15, -0.1) is 0 Å². The van der Waals surface area contributed by atoms with Gasteiger partial charge in [0.15, 0.2) is 0 Å². The number of nitrogens with one attached hydrogen (secondary N) is 1. The molecule has 2 aliphatic heterocycles. The summed E-state index contributed by atoms with van der Waals surface area (Å²) in [6.45, 7) is 5.57. The molecule has 3 heteroatoms. The fourth-order valence-corrected chi connectivity index (χ4v) is 2.55. The maximum Gasteiger partial charge on any atom is 0.0561 e. The van der Waals surface area contributed by atoms with E-state index in [0.29, 0.717) is 12.1 Å². The molecule has 2 saturated heterocycles. The van der Waals surface area contributed by atoms with E-state index in [1.807, 2.05) is 0 Å². The van der Waals surface area contributed by atoms with E-state index in [1.165, 1.54) is 32.4 Å². The number of hydrogen-bond acceptors (Lipinski definition) is 3. The van der Waals surface area contributed by atoms with Crippen LogP contribution < -0.4 is 5.32 Å². The largest absolute Gasteiger partial charge is 0.378 e. The number of likely N-dealkylation sites (N-methyl/N-ethyl adjacent to an activating group) is 1. The highest BCUT2D eigenvalue weighted by Crippen LogP contribution is 2.16. The van der Waals surface area contributed by atoms with Crippen LogP contribution in [0.4, 0.5) is 0 Å². The van der Waals surface area contributed by atoms with Crippen LogP contribution in [0.25, 0.3) is 0 Å². The fourth-order valence-electron chi connectivity index (χ4n) is 2.55. The average molecular weight is 198 g/mol. The van der Waals surface area contributed by atoms with Crippen LogP contribution in [0, 0.1) is 0 Å². The maximum absolute atomic E-state index is 5.54. The second-order valence-electron chi connectivity index (χ2n) is 4.82. The lowest BCUT2D eigenvalue weighted by Gasteiger charge is -2.30. The van der Waals surface area contributed by atoms with Crippen LogP contribution in [0.1, 0.15) is 26.2 Å². The summed E-state index contributed by atoms with van der Waals surface area (Å²) >= 11 is 0. The van der Waals surface area contributed by atoms with Crippen molar-refractivity contribution in [2.24, 2.45) is 0 Å². The molecule has 0 bridgehead atoms. The van der Waals surface area contributed by atoms with Crippen LogP contribution in [-0.2, 0) is 4.74 Å². The monoisotopic (exact) mass is 198 g/mol. The SMILES string of the molecule is CC1CC(NC2CCN(C)C2)CCO1. The number of rotatable bonds is 2. The average Bonchev–Trinajstić information content (AvgIpc) is 2.51. The molecule has 3 unspecified atom stereocenters. The molecule has 0 aliphatic carbocycles. The van der Waals surface area contributed by atoms with Gasteiger partial charge in [-0.3, -0.25) is 0 Å². The van der Waals surface area contributed by atoms with Crippen LogP contribution in [0.2, 0.25) is 0 Å². The molecular weight excluding hydrogens is 176 g/mol. The molecule has 0 aromatic rings. The summed E-state index contributed by atoms with van der Waals surface area (Å²) < 4.78 is 5.54. The summed E-state index contributed by atoms with van der Waals surface area (Å²) in [6.07, 6.45) is 4.12. The van der Waals surface area contributed by atoms with Crippen molar-refractivity contribution < 1.29 is 4.74 Å². The minimum atomic E-state index is 0.445. The van der Waals surface area contributed by atoms with Gasteiger partial charge in [0, 0.05) is 25.2 Å². The van der Waals surface area contributed by atoms with E-state index in [9.17, 15) is 0 Å². The lowest BCUT2D eigenvalue weighted by molar-refractivity contribution is 0.0115. The molecule has 0 aromatic heterocycles. The molecule has 0 amide bonds. The van der Waals surface area contributed by atoms with E-state index >= 15 is 0 Å². The van der Waals surface area contributed by atoms with Gasteiger partial charge in [0.25, 0.3) is 0 Å². The molecule has 3 nitrogen and oxygen atoms in total. The first kappa shape index (κ1) is 10.4. The highest BCUT2D eigenvalue weighted by molar-refractivity contribution is 4.84. The predicted molar refractivity (Wildman–Crippen MR) is 57.5 cm³/mol. The first-order chi connectivity index (χ1) is 6.74. The molecule has 0 radical (unpaired) electrons. The smallest absolute Gasteiger partial charge is 0.0561 e. The summed E-state index contributed by atoms with van der Waals surface area (Å²) in [7, 11) is 2.20. The Morgan fingerprint density at radius 3 is 2.79 bits per heavy atom. The number of ether oxygens (including phenoxy) is 1. The van der Waals surface area contributed by atoms with E-state index in [0.717, 1.165) is 12.6 Å². The number of nitrogens with zero attached hydrogens (tertiary/aromatic N) is 1. The maximum atomic E-state index is 5.54. The zero-order valence-corrected chi connectivity index (χ0v) is 9.33. The zero-order valence-electron chi connectivity index (χ0n) is 9.33. The third-order valence-corrected chi connectivity index (χ3v) is 3.35. The Hall–Kier alpha value is -0.120. The van der Waals surface area contributed by atoms with E-state index in [-0.39, 0.29) is 0 Å². The highest BCUT2D eigenvalue weighted by Gasteiger charge is 2.25. The van der Waals surface area contributed by atoms with Crippen molar-refractivity contribution in [2.45, 2.75) is 44.4 Å². The van der Waals surface area contributed by atoms with Crippen molar-refractivity contribution in [3.05, 3.63) is 0 Å². The summed E-state index contributed by atoms with van der Waals surface area (Å²) in [5.74, 6) is 0. The first-order valence-electron chi connectivity index (χ1n) is 5.80. The molecule has 2 rings (SSSR count). The minimum Gasteiger partial charge on any atom is -0.378 e. The van der Waals surface area contributed by atoms with E-state index in [4.69, 9.17) is 4.74 Å². The van der Waals surface area contributed by atoms with Gasteiger partial charge in [-0.05, 0) is 39.8 Å². The molecule has 82 valence electrons. The molecule has 2 fully saturated rings. The van der Waals surface area contributed by atoms with Crippen molar-refractivity contribution in [1.82, 2.24) is 10.2 Å². The molecule has 2 heterocycles. The van der Waals surface area contributed by atoms with Crippen molar-refractivity contribution in [3.63, 3.8) is 0 Å². The second-order valence-corrected chi connectivity index (χ2v) is 4.82.